The fourth-order valence-corrected chi connectivity index (χ4v) is 5.16. The zero-order chi connectivity index (χ0) is 26.2. The predicted molar refractivity (Wildman–Crippen MR) is 130 cm³/mol. The topological polar surface area (TPSA) is 114 Å². The lowest BCUT2D eigenvalue weighted by molar-refractivity contribution is -0.122. The van der Waals surface area contributed by atoms with Crippen LogP contribution in [0, 0.1) is 18.8 Å². The van der Waals surface area contributed by atoms with Gasteiger partial charge in [-0.25, -0.2) is 18.3 Å². The first-order valence-electron chi connectivity index (χ1n) is 13.0. The van der Waals surface area contributed by atoms with Crippen LogP contribution >= 0.6 is 0 Å². The number of amides is 2. The highest BCUT2D eigenvalue weighted by atomic mass is 19.3. The summed E-state index contributed by atoms with van der Waals surface area (Å²) in [4.78, 5) is 30.1. The monoisotopic (exact) mass is 514 g/mol. The first kappa shape index (κ1) is 25.3. The minimum absolute atomic E-state index is 0.0178. The summed E-state index contributed by atoms with van der Waals surface area (Å²) in [7, 11) is 0. The van der Waals surface area contributed by atoms with Crippen molar-refractivity contribution in [2.75, 3.05) is 0 Å². The van der Waals surface area contributed by atoms with Crippen molar-refractivity contribution in [1.82, 2.24) is 30.4 Å². The first-order valence-corrected chi connectivity index (χ1v) is 13.0. The maximum absolute atomic E-state index is 13.9. The molecule has 11 heteroatoms. The van der Waals surface area contributed by atoms with E-state index in [4.69, 9.17) is 9.51 Å². The molecule has 3 aromatic heterocycles. The molecule has 0 unspecified atom stereocenters. The Bertz CT molecular complexity index is 1270. The number of rotatable bonds is 9. The van der Waals surface area contributed by atoms with Crippen LogP contribution in [0.25, 0.3) is 5.65 Å². The highest BCUT2D eigenvalue weighted by molar-refractivity contribution is 5.95. The number of aryl methyl sites for hydroxylation is 1. The van der Waals surface area contributed by atoms with Crippen LogP contribution < -0.4 is 10.6 Å². The maximum Gasteiger partial charge on any atom is 0.257 e. The molecular formula is C26H32F2N6O3. The van der Waals surface area contributed by atoms with Crippen LogP contribution in [0.15, 0.2) is 29.2 Å². The summed E-state index contributed by atoms with van der Waals surface area (Å²) in [6.07, 6.45) is 8.16. The van der Waals surface area contributed by atoms with Gasteiger partial charge in [0.15, 0.2) is 5.65 Å². The minimum atomic E-state index is -2.69. The van der Waals surface area contributed by atoms with Crippen molar-refractivity contribution in [1.29, 1.82) is 0 Å². The second kappa shape index (κ2) is 10.2. The lowest BCUT2D eigenvalue weighted by Crippen LogP contribution is -2.37. The van der Waals surface area contributed by atoms with Crippen LogP contribution in [0.1, 0.15) is 97.7 Å². The van der Waals surface area contributed by atoms with E-state index in [1.807, 2.05) is 13.0 Å². The van der Waals surface area contributed by atoms with Gasteiger partial charge < -0.3 is 15.2 Å². The van der Waals surface area contributed by atoms with E-state index in [2.05, 4.69) is 20.9 Å². The van der Waals surface area contributed by atoms with E-state index in [9.17, 15) is 18.4 Å². The van der Waals surface area contributed by atoms with Gasteiger partial charge in [0, 0.05) is 19.3 Å². The number of nitrogens with one attached hydrogen (secondary N) is 2. The second-order valence-electron chi connectivity index (χ2n) is 10.3. The van der Waals surface area contributed by atoms with Gasteiger partial charge in [0.2, 0.25) is 11.8 Å². The maximum atomic E-state index is 13.9. The Morgan fingerprint density at radius 2 is 1.89 bits per heavy atom. The molecule has 0 radical (unpaired) electrons. The standard InChI is InChI=1S/C26H32F2N6O3/c1-3-4-22(35)31-23(16-5-6-16)18-11-21-30-20(13-34(21)29-12-18)24(17-7-9-26(27,28)10-8-17)32-25(36)19-14-37-33-15(19)2/h11-14,16-17,23-24H,3-10H2,1-2H3,(H,31,35)(H,32,36)/t23-,24+/m1/s1. The Morgan fingerprint density at radius 3 is 2.54 bits per heavy atom. The third-order valence-corrected chi connectivity index (χ3v) is 7.44. The van der Waals surface area contributed by atoms with Gasteiger partial charge >= 0.3 is 0 Å². The Hall–Kier alpha value is -3.37. The van der Waals surface area contributed by atoms with Gasteiger partial charge in [-0.05, 0) is 62.5 Å². The lowest BCUT2D eigenvalue weighted by atomic mass is 9.81. The summed E-state index contributed by atoms with van der Waals surface area (Å²) in [5.74, 6) is -2.89. The number of halogens is 2. The SMILES string of the molecule is CCCC(=O)N[C@@H](c1cnn2cc([C@@H](NC(=O)c3conc3C)C3CCC(F)(F)CC3)nc2c1)C1CC1. The number of aromatic nitrogens is 4. The molecule has 2 aliphatic carbocycles. The van der Waals surface area contributed by atoms with Crippen molar-refractivity contribution in [2.45, 2.75) is 83.2 Å². The average Bonchev–Trinajstić information content (AvgIpc) is 3.47. The number of hydrogen-bond acceptors (Lipinski definition) is 6. The van der Waals surface area contributed by atoms with E-state index >= 15 is 0 Å². The molecule has 0 spiro atoms. The second-order valence-corrected chi connectivity index (χ2v) is 10.3. The molecule has 0 bridgehead atoms. The Balaban J connectivity index is 1.43. The Morgan fingerprint density at radius 1 is 1.16 bits per heavy atom. The molecule has 2 amide bonds. The third-order valence-electron chi connectivity index (χ3n) is 7.44. The van der Waals surface area contributed by atoms with Gasteiger partial charge in [0.05, 0.1) is 35.9 Å². The van der Waals surface area contributed by atoms with Crippen LogP contribution in [0.4, 0.5) is 8.78 Å². The molecule has 3 heterocycles. The van der Waals surface area contributed by atoms with E-state index in [-0.39, 0.29) is 49.5 Å². The van der Waals surface area contributed by atoms with Crippen LogP contribution in [0.3, 0.4) is 0 Å². The fourth-order valence-electron chi connectivity index (χ4n) is 5.16. The Kier molecular flexibility index (Phi) is 6.96. The number of nitrogens with zero attached hydrogens (tertiary/aromatic N) is 4. The quantitative estimate of drug-likeness (QED) is 0.428. The average molecular weight is 515 g/mol. The Labute approximate surface area is 213 Å². The zero-order valence-electron chi connectivity index (χ0n) is 21.0. The van der Waals surface area contributed by atoms with Gasteiger partial charge in [0.25, 0.3) is 5.91 Å². The van der Waals surface area contributed by atoms with Gasteiger partial charge in [-0.2, -0.15) is 5.10 Å². The summed E-state index contributed by atoms with van der Waals surface area (Å²) < 4.78 is 34.4. The van der Waals surface area contributed by atoms with E-state index in [1.165, 1.54) is 6.26 Å². The van der Waals surface area contributed by atoms with Crippen molar-refractivity contribution in [3.8, 4) is 0 Å². The van der Waals surface area contributed by atoms with Crippen molar-refractivity contribution in [3.63, 3.8) is 0 Å². The van der Waals surface area contributed by atoms with Crippen molar-refractivity contribution in [3.05, 3.63) is 47.2 Å². The summed E-state index contributed by atoms with van der Waals surface area (Å²) >= 11 is 0. The lowest BCUT2D eigenvalue weighted by Gasteiger charge is -2.33. The highest BCUT2D eigenvalue weighted by Crippen LogP contribution is 2.42. The molecule has 0 saturated heterocycles. The van der Waals surface area contributed by atoms with E-state index < -0.39 is 12.0 Å². The molecule has 198 valence electrons. The smallest absolute Gasteiger partial charge is 0.257 e. The van der Waals surface area contributed by atoms with Crippen LogP contribution in [0.5, 0.6) is 0 Å². The zero-order valence-corrected chi connectivity index (χ0v) is 21.0. The molecule has 37 heavy (non-hydrogen) atoms. The summed E-state index contributed by atoms with van der Waals surface area (Å²) in [6.45, 7) is 3.64. The number of alkyl halides is 2. The van der Waals surface area contributed by atoms with Crippen LogP contribution in [0.2, 0.25) is 0 Å². The molecule has 3 aromatic rings. The molecule has 2 saturated carbocycles. The molecule has 0 aromatic carbocycles. The van der Waals surface area contributed by atoms with Gasteiger partial charge in [-0.1, -0.05) is 12.1 Å². The normalized spacial score (nSPS) is 19.5. The minimum Gasteiger partial charge on any atom is -0.364 e. The van der Waals surface area contributed by atoms with Gasteiger partial charge in [-0.15, -0.1) is 0 Å². The van der Waals surface area contributed by atoms with E-state index in [0.717, 1.165) is 24.8 Å². The van der Waals surface area contributed by atoms with Crippen LogP contribution in [-0.4, -0.2) is 37.5 Å². The highest BCUT2D eigenvalue weighted by Gasteiger charge is 2.40. The number of fused-ring (bicyclic) bond motifs is 1. The molecule has 5 rings (SSSR count). The van der Waals surface area contributed by atoms with Crippen molar-refractivity contribution < 1.29 is 22.9 Å². The number of carbonyl (C=O) groups excluding carboxylic acids is 2. The predicted octanol–water partition coefficient (Wildman–Crippen LogP) is 4.69. The fraction of sp³-hybridized carbons (Fsp3) is 0.577. The van der Waals surface area contributed by atoms with Crippen molar-refractivity contribution in [2.24, 2.45) is 11.8 Å². The number of hydrogen-bond donors (Lipinski definition) is 2. The van der Waals surface area contributed by atoms with Crippen molar-refractivity contribution >= 4 is 17.5 Å². The van der Waals surface area contributed by atoms with E-state index in [0.29, 0.717) is 34.9 Å². The largest absolute Gasteiger partial charge is 0.364 e. The van der Waals surface area contributed by atoms with Gasteiger partial charge in [-0.3, -0.25) is 9.59 Å². The number of carbonyl (C=O) groups is 2. The summed E-state index contributed by atoms with van der Waals surface area (Å²) in [6, 6.07) is 1.21. The molecule has 2 fully saturated rings. The van der Waals surface area contributed by atoms with E-state index in [1.54, 1.807) is 23.8 Å². The van der Waals surface area contributed by atoms with Crippen LogP contribution in [-0.2, 0) is 4.79 Å². The molecule has 0 aliphatic heterocycles. The molecule has 2 N–H and O–H groups in total. The molecule has 2 atom stereocenters. The molecule has 2 aliphatic rings. The number of imidazole rings is 1. The molecular weight excluding hydrogens is 482 g/mol. The third kappa shape index (κ3) is 5.65. The summed E-state index contributed by atoms with van der Waals surface area (Å²) in [5.41, 5.74) is 2.76. The molecule has 9 nitrogen and oxygen atoms in total. The first-order chi connectivity index (χ1) is 17.7. The summed E-state index contributed by atoms with van der Waals surface area (Å²) in [5, 5.41) is 14.4. The van der Waals surface area contributed by atoms with Gasteiger partial charge in [0.1, 0.15) is 11.8 Å².